The average Bonchev–Trinajstić information content (AvgIpc) is 2.41. The van der Waals surface area contributed by atoms with Crippen molar-refractivity contribution in [1.82, 2.24) is 5.32 Å². The van der Waals surface area contributed by atoms with Gasteiger partial charge in [0.25, 0.3) is 0 Å². The Kier molecular flexibility index (Phi) is 5.41. The molecule has 112 valence electrons. The third kappa shape index (κ3) is 4.20. The number of rotatable bonds is 5. The molecule has 0 heterocycles. The summed E-state index contributed by atoms with van der Waals surface area (Å²) in [6.45, 7) is 5.24. The highest BCUT2D eigenvalue weighted by Gasteiger charge is 2.18. The highest BCUT2D eigenvalue weighted by Crippen LogP contribution is 2.30. The van der Waals surface area contributed by atoms with Gasteiger partial charge in [-0.3, -0.25) is 0 Å². The van der Waals surface area contributed by atoms with Crippen molar-refractivity contribution in [3.8, 4) is 5.75 Å². The van der Waals surface area contributed by atoms with Crippen LogP contribution in [0.15, 0.2) is 18.2 Å². The summed E-state index contributed by atoms with van der Waals surface area (Å²) in [6, 6.07) is 4.36. The molecular formula is C17H26FNO. The molecule has 1 unspecified atom stereocenters. The predicted molar refractivity (Wildman–Crippen MR) is 80.2 cm³/mol. The minimum atomic E-state index is -0.337. The summed E-state index contributed by atoms with van der Waals surface area (Å²) in [7, 11) is 0. The summed E-state index contributed by atoms with van der Waals surface area (Å²) < 4.78 is 13.7. The van der Waals surface area contributed by atoms with Crippen LogP contribution in [0.5, 0.6) is 5.75 Å². The van der Waals surface area contributed by atoms with Crippen LogP contribution in [0.3, 0.4) is 0 Å². The van der Waals surface area contributed by atoms with Crippen LogP contribution in [0.4, 0.5) is 4.39 Å². The summed E-state index contributed by atoms with van der Waals surface area (Å²) in [5.74, 6) is 1.37. The Morgan fingerprint density at radius 1 is 1.30 bits per heavy atom. The van der Waals surface area contributed by atoms with E-state index in [1.54, 1.807) is 12.1 Å². The molecule has 0 spiro atoms. The maximum Gasteiger partial charge on any atom is 0.131 e. The van der Waals surface area contributed by atoms with E-state index in [1.807, 2.05) is 6.92 Å². The Hall–Kier alpha value is -1.09. The van der Waals surface area contributed by atoms with Crippen molar-refractivity contribution in [3.63, 3.8) is 0 Å². The monoisotopic (exact) mass is 279 g/mol. The lowest BCUT2D eigenvalue weighted by molar-refractivity contribution is 0.273. The summed E-state index contributed by atoms with van der Waals surface area (Å²) in [4.78, 5) is 0. The molecule has 0 saturated heterocycles. The number of nitrogens with one attached hydrogen (secondary N) is 1. The van der Waals surface area contributed by atoms with E-state index in [0.717, 1.165) is 18.4 Å². The SMILES string of the molecule is CC1CCC(CCNC(C)c2ccc(O)cc2F)CC1. The molecule has 3 heteroatoms. The molecule has 0 aliphatic heterocycles. The molecule has 0 aromatic heterocycles. The maximum atomic E-state index is 13.7. The second-order valence-electron chi connectivity index (χ2n) is 6.30. The lowest BCUT2D eigenvalue weighted by Gasteiger charge is -2.26. The van der Waals surface area contributed by atoms with E-state index in [9.17, 15) is 9.50 Å². The van der Waals surface area contributed by atoms with Crippen molar-refractivity contribution in [1.29, 1.82) is 0 Å². The van der Waals surface area contributed by atoms with Crippen LogP contribution in [-0.2, 0) is 0 Å². The first-order chi connectivity index (χ1) is 9.56. The van der Waals surface area contributed by atoms with Crippen LogP contribution in [0, 0.1) is 17.7 Å². The van der Waals surface area contributed by atoms with Gasteiger partial charge in [-0.25, -0.2) is 4.39 Å². The zero-order valence-corrected chi connectivity index (χ0v) is 12.5. The molecular weight excluding hydrogens is 253 g/mol. The Bertz CT molecular complexity index is 427. The Labute approximate surface area is 121 Å². The lowest BCUT2D eigenvalue weighted by atomic mass is 9.81. The molecule has 2 N–H and O–H groups in total. The van der Waals surface area contributed by atoms with Crippen molar-refractivity contribution >= 4 is 0 Å². The number of hydrogen-bond acceptors (Lipinski definition) is 2. The fourth-order valence-corrected chi connectivity index (χ4v) is 3.10. The molecule has 1 atom stereocenters. The van der Waals surface area contributed by atoms with Crippen LogP contribution < -0.4 is 5.32 Å². The van der Waals surface area contributed by atoms with Gasteiger partial charge in [-0.1, -0.05) is 38.7 Å². The summed E-state index contributed by atoms with van der Waals surface area (Å²) in [5, 5.41) is 12.6. The van der Waals surface area contributed by atoms with E-state index in [4.69, 9.17) is 0 Å². The summed E-state index contributed by atoms with van der Waals surface area (Å²) >= 11 is 0. The van der Waals surface area contributed by atoms with Gasteiger partial charge in [-0.2, -0.15) is 0 Å². The topological polar surface area (TPSA) is 32.3 Å². The molecule has 1 aromatic rings. The van der Waals surface area contributed by atoms with Gasteiger partial charge in [0, 0.05) is 17.7 Å². The highest BCUT2D eigenvalue weighted by atomic mass is 19.1. The first kappa shape index (κ1) is 15.3. The largest absolute Gasteiger partial charge is 0.508 e. The number of phenolic OH excluding ortho intramolecular Hbond substituents is 1. The minimum absolute atomic E-state index is 0.0156. The number of phenols is 1. The van der Waals surface area contributed by atoms with E-state index in [0.29, 0.717) is 5.56 Å². The van der Waals surface area contributed by atoms with Crippen LogP contribution >= 0.6 is 0 Å². The normalized spacial score (nSPS) is 24.6. The fourth-order valence-electron chi connectivity index (χ4n) is 3.10. The van der Waals surface area contributed by atoms with Crippen LogP contribution in [0.1, 0.15) is 57.6 Å². The Balaban J connectivity index is 1.76. The van der Waals surface area contributed by atoms with Gasteiger partial charge in [-0.15, -0.1) is 0 Å². The van der Waals surface area contributed by atoms with Crippen molar-refractivity contribution < 1.29 is 9.50 Å². The number of halogens is 1. The molecule has 1 aromatic carbocycles. The van der Waals surface area contributed by atoms with E-state index in [2.05, 4.69) is 12.2 Å². The standard InChI is InChI=1S/C17H26FNO/c1-12-3-5-14(6-4-12)9-10-19-13(2)16-8-7-15(20)11-17(16)18/h7-8,11-14,19-20H,3-6,9-10H2,1-2H3. The maximum absolute atomic E-state index is 13.7. The van der Waals surface area contributed by atoms with Crippen molar-refractivity contribution in [3.05, 3.63) is 29.6 Å². The molecule has 2 rings (SSSR count). The molecule has 0 radical (unpaired) electrons. The van der Waals surface area contributed by atoms with E-state index in [1.165, 1.54) is 38.2 Å². The van der Waals surface area contributed by atoms with Gasteiger partial charge < -0.3 is 10.4 Å². The van der Waals surface area contributed by atoms with Crippen molar-refractivity contribution in [2.45, 2.75) is 52.0 Å². The van der Waals surface area contributed by atoms with E-state index < -0.39 is 0 Å². The van der Waals surface area contributed by atoms with Crippen LogP contribution in [0.2, 0.25) is 0 Å². The van der Waals surface area contributed by atoms with Crippen LogP contribution in [0.25, 0.3) is 0 Å². The first-order valence-corrected chi connectivity index (χ1v) is 7.78. The van der Waals surface area contributed by atoms with Crippen molar-refractivity contribution in [2.75, 3.05) is 6.54 Å². The summed E-state index contributed by atoms with van der Waals surface area (Å²) in [5.41, 5.74) is 0.625. The molecule has 20 heavy (non-hydrogen) atoms. The Morgan fingerprint density at radius 3 is 2.65 bits per heavy atom. The first-order valence-electron chi connectivity index (χ1n) is 7.78. The average molecular weight is 279 g/mol. The highest BCUT2D eigenvalue weighted by molar-refractivity contribution is 5.29. The Morgan fingerprint density at radius 2 is 2.00 bits per heavy atom. The van der Waals surface area contributed by atoms with Gasteiger partial charge >= 0.3 is 0 Å². The fraction of sp³-hybridized carbons (Fsp3) is 0.647. The number of benzene rings is 1. The quantitative estimate of drug-likeness (QED) is 0.837. The third-order valence-electron chi connectivity index (χ3n) is 4.59. The molecule has 1 fully saturated rings. The number of aromatic hydroxyl groups is 1. The van der Waals surface area contributed by atoms with E-state index >= 15 is 0 Å². The zero-order valence-electron chi connectivity index (χ0n) is 12.5. The number of hydrogen-bond donors (Lipinski definition) is 2. The smallest absolute Gasteiger partial charge is 0.131 e. The molecule has 1 aliphatic carbocycles. The van der Waals surface area contributed by atoms with Gasteiger partial charge in [0.1, 0.15) is 11.6 Å². The van der Waals surface area contributed by atoms with Crippen LogP contribution in [-0.4, -0.2) is 11.7 Å². The summed E-state index contributed by atoms with van der Waals surface area (Å²) in [6.07, 6.45) is 6.56. The van der Waals surface area contributed by atoms with Gasteiger partial charge in [-0.05, 0) is 37.8 Å². The predicted octanol–water partition coefficient (Wildman–Crippen LogP) is 4.40. The molecule has 1 saturated carbocycles. The minimum Gasteiger partial charge on any atom is -0.508 e. The molecule has 0 bridgehead atoms. The second-order valence-corrected chi connectivity index (χ2v) is 6.30. The zero-order chi connectivity index (χ0) is 14.5. The molecule has 1 aliphatic rings. The van der Waals surface area contributed by atoms with Gasteiger partial charge in [0.2, 0.25) is 0 Å². The van der Waals surface area contributed by atoms with E-state index in [-0.39, 0.29) is 17.6 Å². The van der Waals surface area contributed by atoms with Gasteiger partial charge in [0.15, 0.2) is 0 Å². The molecule has 0 amide bonds. The third-order valence-corrected chi connectivity index (χ3v) is 4.59. The lowest BCUT2D eigenvalue weighted by Crippen LogP contribution is -2.24. The van der Waals surface area contributed by atoms with Gasteiger partial charge in [0.05, 0.1) is 0 Å². The molecule has 2 nitrogen and oxygen atoms in total. The second kappa shape index (κ2) is 7.07. The van der Waals surface area contributed by atoms with Crippen molar-refractivity contribution in [2.24, 2.45) is 11.8 Å².